The van der Waals surface area contributed by atoms with Crippen LogP contribution in [0.4, 0.5) is 0 Å². The maximum atomic E-state index is 12.1. The number of hydrogen-bond donors (Lipinski definition) is 1. The monoisotopic (exact) mass is 308 g/mol. The zero-order chi connectivity index (χ0) is 13.1. The van der Waals surface area contributed by atoms with Gasteiger partial charge in [-0.15, -0.1) is 0 Å². The molecule has 1 N–H and O–H groups in total. The van der Waals surface area contributed by atoms with E-state index in [1.54, 1.807) is 12.1 Å². The van der Waals surface area contributed by atoms with Crippen molar-refractivity contribution in [2.75, 3.05) is 0 Å². The summed E-state index contributed by atoms with van der Waals surface area (Å²) in [4.78, 5) is 26.6. The van der Waals surface area contributed by atoms with E-state index in [9.17, 15) is 9.59 Å². The molecule has 1 aromatic heterocycles. The van der Waals surface area contributed by atoms with Gasteiger partial charge in [0.2, 0.25) is 0 Å². The third-order valence-electron chi connectivity index (χ3n) is 2.35. The fourth-order valence-electron chi connectivity index (χ4n) is 1.53. The first kappa shape index (κ1) is 12.5. The Balaban J connectivity index is 2.44. The highest BCUT2D eigenvalue weighted by Crippen LogP contribution is 2.14. The number of benzene rings is 1. The van der Waals surface area contributed by atoms with Gasteiger partial charge in [-0.3, -0.25) is 9.36 Å². The SMILES string of the molecule is O=C(O)/C=C/Cn1cnc2ccc(Br)cc2c1=O. The normalized spacial score (nSPS) is 11.2. The molecule has 2 rings (SSSR count). The largest absolute Gasteiger partial charge is 0.478 e. The molecule has 0 saturated heterocycles. The van der Waals surface area contributed by atoms with Crippen LogP contribution in [0, 0.1) is 0 Å². The molecule has 0 aliphatic heterocycles. The Bertz CT molecular complexity index is 691. The molecule has 0 saturated carbocycles. The second-order valence-corrected chi connectivity index (χ2v) is 4.52. The van der Waals surface area contributed by atoms with Gasteiger partial charge in [-0.1, -0.05) is 22.0 Å². The summed E-state index contributed by atoms with van der Waals surface area (Å²) >= 11 is 3.30. The molecule has 0 unspecified atom stereocenters. The van der Waals surface area contributed by atoms with Gasteiger partial charge in [0, 0.05) is 17.1 Å². The van der Waals surface area contributed by atoms with Gasteiger partial charge in [-0.2, -0.15) is 0 Å². The standard InChI is InChI=1S/C12H9BrN2O3/c13-8-3-4-10-9(6-8)12(18)15(7-14-10)5-1-2-11(16)17/h1-4,6-7H,5H2,(H,16,17)/b2-1+. The van der Waals surface area contributed by atoms with E-state index < -0.39 is 5.97 Å². The Kier molecular flexibility index (Phi) is 3.57. The molecule has 0 aliphatic rings. The first-order chi connectivity index (χ1) is 8.58. The molecule has 0 amide bonds. The molecule has 1 heterocycles. The minimum absolute atomic E-state index is 0.181. The van der Waals surface area contributed by atoms with E-state index in [2.05, 4.69) is 20.9 Å². The van der Waals surface area contributed by atoms with Gasteiger partial charge in [0.15, 0.2) is 0 Å². The Morgan fingerprint density at radius 2 is 2.28 bits per heavy atom. The minimum atomic E-state index is -1.04. The van der Waals surface area contributed by atoms with Crippen molar-refractivity contribution in [3.63, 3.8) is 0 Å². The van der Waals surface area contributed by atoms with Crippen molar-refractivity contribution < 1.29 is 9.90 Å². The van der Waals surface area contributed by atoms with Crippen molar-refractivity contribution in [3.8, 4) is 0 Å². The Hall–Kier alpha value is -1.95. The van der Waals surface area contributed by atoms with E-state index in [1.807, 2.05) is 6.07 Å². The average molecular weight is 309 g/mol. The molecular weight excluding hydrogens is 300 g/mol. The van der Waals surface area contributed by atoms with Crippen LogP contribution in [0.15, 0.2) is 45.9 Å². The van der Waals surface area contributed by atoms with Crippen molar-refractivity contribution in [2.45, 2.75) is 6.54 Å². The quantitative estimate of drug-likeness (QED) is 0.878. The molecule has 18 heavy (non-hydrogen) atoms. The van der Waals surface area contributed by atoms with Crippen LogP contribution in [-0.4, -0.2) is 20.6 Å². The predicted molar refractivity (Wildman–Crippen MR) is 70.5 cm³/mol. The Morgan fingerprint density at radius 1 is 1.50 bits per heavy atom. The number of hydrogen-bond acceptors (Lipinski definition) is 3. The number of carboxylic acids is 1. The Morgan fingerprint density at radius 3 is 3.00 bits per heavy atom. The third-order valence-corrected chi connectivity index (χ3v) is 2.84. The third kappa shape index (κ3) is 2.65. The van der Waals surface area contributed by atoms with Gasteiger partial charge in [0.1, 0.15) is 0 Å². The number of aromatic nitrogens is 2. The van der Waals surface area contributed by atoms with Crippen LogP contribution in [-0.2, 0) is 11.3 Å². The van der Waals surface area contributed by atoms with Crippen molar-refractivity contribution in [2.24, 2.45) is 0 Å². The van der Waals surface area contributed by atoms with Crippen LogP contribution in [0.2, 0.25) is 0 Å². The summed E-state index contributed by atoms with van der Waals surface area (Å²) < 4.78 is 2.15. The van der Waals surface area contributed by atoms with E-state index in [0.717, 1.165) is 10.5 Å². The number of aliphatic carboxylic acids is 1. The lowest BCUT2D eigenvalue weighted by Gasteiger charge is -2.03. The maximum Gasteiger partial charge on any atom is 0.328 e. The molecule has 0 radical (unpaired) electrons. The summed E-state index contributed by atoms with van der Waals surface area (Å²) in [5, 5.41) is 8.97. The molecule has 92 valence electrons. The lowest BCUT2D eigenvalue weighted by molar-refractivity contribution is -0.131. The van der Waals surface area contributed by atoms with Crippen molar-refractivity contribution >= 4 is 32.8 Å². The molecule has 0 spiro atoms. The van der Waals surface area contributed by atoms with E-state index in [4.69, 9.17) is 5.11 Å². The molecule has 2 aromatic rings. The van der Waals surface area contributed by atoms with Crippen molar-refractivity contribution in [3.05, 3.63) is 51.5 Å². The summed E-state index contributed by atoms with van der Waals surface area (Å²) in [5.74, 6) is -1.04. The smallest absolute Gasteiger partial charge is 0.328 e. The second kappa shape index (κ2) is 5.14. The van der Waals surface area contributed by atoms with Gasteiger partial charge in [-0.25, -0.2) is 9.78 Å². The Labute approximate surface area is 111 Å². The lowest BCUT2D eigenvalue weighted by Crippen LogP contribution is -2.20. The molecule has 6 heteroatoms. The topological polar surface area (TPSA) is 72.2 Å². The lowest BCUT2D eigenvalue weighted by atomic mass is 10.2. The van der Waals surface area contributed by atoms with E-state index in [-0.39, 0.29) is 12.1 Å². The number of halogens is 1. The molecular formula is C12H9BrN2O3. The van der Waals surface area contributed by atoms with E-state index in [0.29, 0.717) is 10.9 Å². The van der Waals surface area contributed by atoms with Crippen molar-refractivity contribution in [1.29, 1.82) is 0 Å². The highest BCUT2D eigenvalue weighted by atomic mass is 79.9. The summed E-state index contributed by atoms with van der Waals surface area (Å²) in [6.45, 7) is 0.181. The van der Waals surface area contributed by atoms with Crippen LogP contribution in [0.25, 0.3) is 10.9 Å². The minimum Gasteiger partial charge on any atom is -0.478 e. The van der Waals surface area contributed by atoms with Gasteiger partial charge < -0.3 is 5.11 Å². The van der Waals surface area contributed by atoms with Gasteiger partial charge >= 0.3 is 5.97 Å². The number of allylic oxidation sites excluding steroid dienone is 1. The predicted octanol–water partition coefficient (Wildman–Crippen LogP) is 1.80. The van der Waals surface area contributed by atoms with Crippen molar-refractivity contribution in [1.82, 2.24) is 9.55 Å². The average Bonchev–Trinajstić information content (AvgIpc) is 2.32. The van der Waals surface area contributed by atoms with E-state index >= 15 is 0 Å². The highest BCUT2D eigenvalue weighted by molar-refractivity contribution is 9.10. The second-order valence-electron chi connectivity index (χ2n) is 3.60. The number of carbonyl (C=O) groups is 1. The van der Waals surface area contributed by atoms with Crippen LogP contribution < -0.4 is 5.56 Å². The number of fused-ring (bicyclic) bond motifs is 1. The summed E-state index contributed by atoms with van der Waals surface area (Å²) in [7, 11) is 0. The summed E-state index contributed by atoms with van der Waals surface area (Å²) in [6, 6.07) is 5.25. The first-order valence-corrected chi connectivity index (χ1v) is 5.91. The van der Waals surface area contributed by atoms with Gasteiger partial charge in [-0.05, 0) is 18.2 Å². The number of nitrogens with zero attached hydrogens (tertiary/aromatic N) is 2. The zero-order valence-corrected chi connectivity index (χ0v) is 10.8. The first-order valence-electron chi connectivity index (χ1n) is 5.12. The van der Waals surface area contributed by atoms with Crippen LogP contribution in [0.3, 0.4) is 0 Å². The number of carboxylic acid groups (broad SMARTS) is 1. The van der Waals surface area contributed by atoms with E-state index in [1.165, 1.54) is 17.0 Å². The fourth-order valence-corrected chi connectivity index (χ4v) is 1.89. The molecule has 0 aliphatic carbocycles. The van der Waals surface area contributed by atoms with Crippen LogP contribution in [0.5, 0.6) is 0 Å². The van der Waals surface area contributed by atoms with Gasteiger partial charge in [0.25, 0.3) is 5.56 Å². The molecule has 0 atom stereocenters. The summed E-state index contributed by atoms with van der Waals surface area (Å²) in [5.41, 5.74) is 0.415. The maximum absolute atomic E-state index is 12.1. The van der Waals surface area contributed by atoms with Crippen LogP contribution in [0.1, 0.15) is 0 Å². The highest BCUT2D eigenvalue weighted by Gasteiger charge is 2.03. The molecule has 1 aromatic carbocycles. The van der Waals surface area contributed by atoms with Crippen LogP contribution >= 0.6 is 15.9 Å². The van der Waals surface area contributed by atoms with Gasteiger partial charge in [0.05, 0.1) is 17.2 Å². The summed E-state index contributed by atoms with van der Waals surface area (Å²) in [6.07, 6.45) is 3.80. The molecule has 0 bridgehead atoms. The molecule has 0 fully saturated rings. The molecule has 5 nitrogen and oxygen atoms in total. The zero-order valence-electron chi connectivity index (χ0n) is 9.21. The fraction of sp³-hybridized carbons (Fsp3) is 0.0833. The number of rotatable bonds is 3.